The van der Waals surface area contributed by atoms with Gasteiger partial charge in [0.2, 0.25) is 17.7 Å². The maximum Gasteiger partial charge on any atom is 0.250 e. The van der Waals surface area contributed by atoms with Crippen LogP contribution in [0.1, 0.15) is 16.7 Å². The summed E-state index contributed by atoms with van der Waals surface area (Å²) in [5, 5.41) is 16.0. The number of aromatic hydroxyl groups is 1. The highest BCUT2D eigenvalue weighted by molar-refractivity contribution is 6.15. The molecule has 0 radical (unpaired) electrons. The van der Waals surface area contributed by atoms with E-state index in [0.29, 0.717) is 17.7 Å². The number of nitrogens with one attached hydrogen (secondary N) is 2. The largest absolute Gasteiger partial charge is 0.508 e. The van der Waals surface area contributed by atoms with Crippen molar-refractivity contribution in [3.05, 3.63) is 59.2 Å². The van der Waals surface area contributed by atoms with Gasteiger partial charge in [-0.05, 0) is 36.6 Å². The molecule has 8 heteroatoms. The van der Waals surface area contributed by atoms with Crippen molar-refractivity contribution in [1.82, 2.24) is 10.2 Å². The van der Waals surface area contributed by atoms with Gasteiger partial charge in [-0.2, -0.15) is 0 Å². The van der Waals surface area contributed by atoms with Gasteiger partial charge in [0.25, 0.3) is 0 Å². The minimum absolute atomic E-state index is 0.153. The van der Waals surface area contributed by atoms with E-state index in [2.05, 4.69) is 10.6 Å². The third kappa shape index (κ3) is 2.79. The summed E-state index contributed by atoms with van der Waals surface area (Å²) in [7, 11) is 1.52. The highest BCUT2D eigenvalue weighted by Crippen LogP contribution is 2.53. The van der Waals surface area contributed by atoms with Crippen LogP contribution in [0.3, 0.4) is 0 Å². The van der Waals surface area contributed by atoms with E-state index in [1.807, 2.05) is 25.1 Å². The predicted molar refractivity (Wildman–Crippen MR) is 116 cm³/mol. The van der Waals surface area contributed by atoms with Gasteiger partial charge in [-0.25, -0.2) is 0 Å². The minimum atomic E-state index is -1.30. The van der Waals surface area contributed by atoms with Crippen LogP contribution in [0.2, 0.25) is 0 Å². The maximum absolute atomic E-state index is 13.5. The van der Waals surface area contributed by atoms with Crippen molar-refractivity contribution in [2.24, 2.45) is 11.8 Å². The maximum atomic E-state index is 13.5. The number of aryl methyl sites for hydroxylation is 1. The molecule has 3 aliphatic heterocycles. The summed E-state index contributed by atoms with van der Waals surface area (Å²) in [6.07, 6.45) is 0.439. The summed E-state index contributed by atoms with van der Waals surface area (Å²) in [4.78, 5) is 41.7. The van der Waals surface area contributed by atoms with Crippen LogP contribution in [0.15, 0.2) is 42.5 Å². The van der Waals surface area contributed by atoms with Crippen molar-refractivity contribution in [2.45, 2.75) is 24.9 Å². The number of methoxy groups -OCH3 is 1. The number of amides is 3. The molecule has 166 valence electrons. The molecule has 0 aromatic heterocycles. The van der Waals surface area contributed by atoms with Gasteiger partial charge in [0.1, 0.15) is 11.3 Å². The second-order valence-electron chi connectivity index (χ2n) is 8.71. The lowest BCUT2D eigenvalue weighted by Gasteiger charge is -2.29. The lowest BCUT2D eigenvalue weighted by Crippen LogP contribution is -2.53. The minimum Gasteiger partial charge on any atom is -0.508 e. The number of benzene rings is 2. The van der Waals surface area contributed by atoms with E-state index in [9.17, 15) is 19.5 Å². The summed E-state index contributed by atoms with van der Waals surface area (Å²) < 4.78 is 5.10. The number of hydrogen-bond donors (Lipinski definition) is 3. The Labute approximate surface area is 185 Å². The van der Waals surface area contributed by atoms with Gasteiger partial charge >= 0.3 is 0 Å². The van der Waals surface area contributed by atoms with Gasteiger partial charge in [0, 0.05) is 24.4 Å². The van der Waals surface area contributed by atoms with E-state index < -0.39 is 23.4 Å². The third-order valence-corrected chi connectivity index (χ3v) is 6.96. The first-order valence-corrected chi connectivity index (χ1v) is 10.7. The van der Waals surface area contributed by atoms with Gasteiger partial charge in [-0.3, -0.25) is 24.6 Å². The molecule has 4 atom stereocenters. The molecule has 3 N–H and O–H groups in total. The Morgan fingerprint density at radius 1 is 1.09 bits per heavy atom. The molecule has 3 aliphatic rings. The van der Waals surface area contributed by atoms with E-state index in [4.69, 9.17) is 4.74 Å². The molecule has 2 fully saturated rings. The number of nitrogens with zero attached hydrogens (tertiary/aromatic N) is 1. The van der Waals surface area contributed by atoms with Crippen LogP contribution in [-0.2, 0) is 31.1 Å². The molecule has 2 aromatic rings. The molecule has 1 spiro atoms. The second kappa shape index (κ2) is 7.43. The number of ether oxygens (including phenoxy) is 1. The predicted octanol–water partition coefficient (Wildman–Crippen LogP) is 1.31. The Balaban J connectivity index is 1.61. The Bertz CT molecular complexity index is 1120. The van der Waals surface area contributed by atoms with Crippen LogP contribution in [0.5, 0.6) is 5.75 Å². The van der Waals surface area contributed by atoms with E-state index in [0.717, 1.165) is 11.1 Å². The van der Waals surface area contributed by atoms with Crippen molar-refractivity contribution in [3.63, 3.8) is 0 Å². The standard InChI is InChI=1S/C24H25N3O5/c1-13-4-3-5-16-20(13)25-23(31)24(16)19-18(21(29)27(22(19)30)10-11-32-2)17(26-24)12-14-6-8-15(28)9-7-14/h3-9,17-19,26,28H,10-12H2,1-2H3,(H,25,31). The van der Waals surface area contributed by atoms with Crippen LogP contribution in [0.25, 0.3) is 0 Å². The van der Waals surface area contributed by atoms with Gasteiger partial charge < -0.3 is 15.2 Å². The van der Waals surface area contributed by atoms with E-state index >= 15 is 0 Å². The van der Waals surface area contributed by atoms with Crippen molar-refractivity contribution < 1.29 is 24.2 Å². The average molecular weight is 435 g/mol. The highest BCUT2D eigenvalue weighted by atomic mass is 16.5. The zero-order valence-corrected chi connectivity index (χ0v) is 17.9. The first kappa shape index (κ1) is 20.7. The zero-order valence-electron chi connectivity index (χ0n) is 17.9. The molecule has 4 unspecified atom stereocenters. The number of para-hydroxylation sites is 1. The molecule has 3 heterocycles. The molecule has 0 aliphatic carbocycles. The molecule has 32 heavy (non-hydrogen) atoms. The molecule has 2 saturated heterocycles. The van der Waals surface area contributed by atoms with Crippen LogP contribution >= 0.6 is 0 Å². The number of imide groups is 1. The summed E-state index contributed by atoms with van der Waals surface area (Å²) in [5.41, 5.74) is 1.91. The molecule has 0 bridgehead atoms. The van der Waals surface area contributed by atoms with Crippen molar-refractivity contribution in [3.8, 4) is 5.75 Å². The van der Waals surface area contributed by atoms with Gasteiger partial charge in [0.05, 0.1) is 25.0 Å². The van der Waals surface area contributed by atoms with Crippen LogP contribution < -0.4 is 10.6 Å². The second-order valence-corrected chi connectivity index (χ2v) is 8.71. The summed E-state index contributed by atoms with van der Waals surface area (Å²) in [6, 6.07) is 11.9. The molecule has 2 aromatic carbocycles. The number of likely N-dealkylation sites (tertiary alicyclic amines) is 1. The fraction of sp³-hybridized carbons (Fsp3) is 0.375. The fourth-order valence-electron chi connectivity index (χ4n) is 5.50. The topological polar surface area (TPSA) is 108 Å². The lowest BCUT2D eigenvalue weighted by atomic mass is 9.76. The summed E-state index contributed by atoms with van der Waals surface area (Å²) in [6.45, 7) is 2.30. The number of phenolic OH excluding ortho intramolecular Hbond substituents is 1. The van der Waals surface area contributed by atoms with E-state index in [1.54, 1.807) is 24.3 Å². The number of rotatable bonds is 5. The van der Waals surface area contributed by atoms with Gasteiger partial charge in [-0.1, -0.05) is 30.3 Å². The lowest BCUT2D eigenvalue weighted by molar-refractivity contribution is -0.143. The smallest absolute Gasteiger partial charge is 0.250 e. The molecule has 8 nitrogen and oxygen atoms in total. The Kier molecular flexibility index (Phi) is 4.79. The number of carbonyl (C=O) groups is 3. The average Bonchev–Trinajstić information content (AvgIpc) is 3.35. The van der Waals surface area contributed by atoms with Crippen LogP contribution in [0.4, 0.5) is 5.69 Å². The van der Waals surface area contributed by atoms with Gasteiger partial charge in [0.15, 0.2) is 0 Å². The normalized spacial score (nSPS) is 28.4. The zero-order chi connectivity index (χ0) is 22.6. The van der Waals surface area contributed by atoms with Crippen LogP contribution in [-0.4, -0.2) is 54.0 Å². The molecule has 5 rings (SSSR count). The highest BCUT2D eigenvalue weighted by Gasteiger charge is 2.70. The van der Waals surface area contributed by atoms with Crippen molar-refractivity contribution in [1.29, 1.82) is 0 Å². The first-order chi connectivity index (χ1) is 15.4. The third-order valence-electron chi connectivity index (χ3n) is 6.96. The molecule has 0 saturated carbocycles. The monoisotopic (exact) mass is 435 g/mol. The van der Waals surface area contributed by atoms with Gasteiger partial charge in [-0.15, -0.1) is 0 Å². The number of hydrogen-bond acceptors (Lipinski definition) is 6. The molecular formula is C24H25N3O5. The number of phenols is 1. The Hall–Kier alpha value is -3.23. The first-order valence-electron chi connectivity index (χ1n) is 10.7. The van der Waals surface area contributed by atoms with Crippen molar-refractivity contribution >= 4 is 23.4 Å². The number of anilines is 1. The quantitative estimate of drug-likeness (QED) is 0.612. The summed E-state index contributed by atoms with van der Waals surface area (Å²) in [5.74, 6) is -2.29. The SMILES string of the molecule is COCCN1C(=O)C2C(Cc3ccc(O)cc3)NC3(C(=O)Nc4c(C)cccc43)C2C1=O. The van der Waals surface area contributed by atoms with E-state index in [-0.39, 0.29) is 36.6 Å². The summed E-state index contributed by atoms with van der Waals surface area (Å²) >= 11 is 0. The Morgan fingerprint density at radius 3 is 2.56 bits per heavy atom. The molecule has 3 amide bonds. The van der Waals surface area contributed by atoms with Crippen molar-refractivity contribution in [2.75, 3.05) is 25.6 Å². The number of carbonyl (C=O) groups excluding carboxylic acids is 3. The van der Waals surface area contributed by atoms with E-state index in [1.165, 1.54) is 12.0 Å². The fourth-order valence-corrected chi connectivity index (χ4v) is 5.50. The number of fused-ring (bicyclic) bond motifs is 4. The molecular weight excluding hydrogens is 410 g/mol. The Morgan fingerprint density at radius 2 is 1.84 bits per heavy atom. The van der Waals surface area contributed by atoms with Crippen LogP contribution in [0, 0.1) is 18.8 Å².